The van der Waals surface area contributed by atoms with Crippen LogP contribution in [0.5, 0.6) is 0 Å². The van der Waals surface area contributed by atoms with Gasteiger partial charge in [0.25, 0.3) is 0 Å². The molecule has 1 aromatic rings. The minimum Gasteiger partial charge on any atom is -0.383 e. The quantitative estimate of drug-likeness (QED) is 0.834. The fraction of sp³-hybridized carbons (Fsp3) is 0.625. The molecule has 2 unspecified atom stereocenters. The van der Waals surface area contributed by atoms with Gasteiger partial charge in [-0.2, -0.15) is 0 Å². The monoisotopic (exact) mass is 247 g/mol. The molecule has 2 heteroatoms. The summed E-state index contributed by atoms with van der Waals surface area (Å²) in [7, 11) is 1.78. The van der Waals surface area contributed by atoms with E-state index in [2.05, 4.69) is 36.5 Å². The molecular weight excluding hydrogens is 222 g/mol. The highest BCUT2D eigenvalue weighted by atomic mass is 16.5. The van der Waals surface area contributed by atoms with Crippen LogP contribution in [0.25, 0.3) is 0 Å². The van der Waals surface area contributed by atoms with E-state index >= 15 is 0 Å². The molecule has 1 aliphatic rings. The molecule has 1 N–H and O–H groups in total. The zero-order valence-corrected chi connectivity index (χ0v) is 11.6. The lowest BCUT2D eigenvalue weighted by molar-refractivity contribution is 0.163. The second-order valence-electron chi connectivity index (χ2n) is 5.26. The molecule has 0 heterocycles. The molecule has 2 rings (SSSR count). The summed E-state index contributed by atoms with van der Waals surface area (Å²) in [4.78, 5) is 0. The zero-order valence-electron chi connectivity index (χ0n) is 11.6. The summed E-state index contributed by atoms with van der Waals surface area (Å²) in [5.74, 6) is 0.681. The topological polar surface area (TPSA) is 21.3 Å². The van der Waals surface area contributed by atoms with Gasteiger partial charge < -0.3 is 10.1 Å². The van der Waals surface area contributed by atoms with Crippen LogP contribution in [0, 0.1) is 0 Å². The van der Waals surface area contributed by atoms with Gasteiger partial charge in [0.1, 0.15) is 0 Å². The lowest BCUT2D eigenvalue weighted by Gasteiger charge is -2.27. The maximum absolute atomic E-state index is 5.24. The van der Waals surface area contributed by atoms with Crippen LogP contribution in [0.4, 0.5) is 0 Å². The van der Waals surface area contributed by atoms with Gasteiger partial charge in [-0.25, -0.2) is 0 Å². The molecule has 0 aliphatic heterocycles. The van der Waals surface area contributed by atoms with E-state index in [9.17, 15) is 0 Å². The number of aryl methyl sites for hydroxylation is 1. The SMILES string of the molecule is CCC(COC)NCC1CCCc2ccccc21. The van der Waals surface area contributed by atoms with Crippen molar-refractivity contribution in [2.75, 3.05) is 20.3 Å². The summed E-state index contributed by atoms with van der Waals surface area (Å²) in [5.41, 5.74) is 3.11. The Morgan fingerprint density at radius 2 is 2.22 bits per heavy atom. The molecule has 0 bridgehead atoms. The molecule has 1 aromatic carbocycles. The third kappa shape index (κ3) is 3.33. The Labute approximate surface area is 111 Å². The van der Waals surface area contributed by atoms with Crippen LogP contribution in [0.3, 0.4) is 0 Å². The van der Waals surface area contributed by atoms with E-state index in [-0.39, 0.29) is 0 Å². The molecule has 2 atom stereocenters. The van der Waals surface area contributed by atoms with Crippen LogP contribution < -0.4 is 5.32 Å². The van der Waals surface area contributed by atoms with Crippen molar-refractivity contribution in [2.24, 2.45) is 0 Å². The zero-order chi connectivity index (χ0) is 12.8. The van der Waals surface area contributed by atoms with Crippen LogP contribution in [-0.4, -0.2) is 26.3 Å². The van der Waals surface area contributed by atoms with E-state index < -0.39 is 0 Å². The molecule has 2 nitrogen and oxygen atoms in total. The molecule has 0 saturated heterocycles. The summed E-state index contributed by atoms with van der Waals surface area (Å²) in [6, 6.07) is 9.41. The Hall–Kier alpha value is -0.860. The second-order valence-corrected chi connectivity index (χ2v) is 5.26. The first kappa shape index (κ1) is 13.6. The molecule has 0 fully saturated rings. The third-order valence-corrected chi connectivity index (χ3v) is 4.01. The van der Waals surface area contributed by atoms with Gasteiger partial charge in [0.15, 0.2) is 0 Å². The molecule has 100 valence electrons. The Morgan fingerprint density at radius 3 is 3.00 bits per heavy atom. The van der Waals surface area contributed by atoms with Crippen molar-refractivity contribution < 1.29 is 4.74 Å². The van der Waals surface area contributed by atoms with Crippen LogP contribution in [0.2, 0.25) is 0 Å². The summed E-state index contributed by atoms with van der Waals surface area (Å²) in [6.45, 7) is 4.11. The minimum absolute atomic E-state index is 0.490. The van der Waals surface area contributed by atoms with Gasteiger partial charge in [-0.15, -0.1) is 0 Å². The van der Waals surface area contributed by atoms with Crippen molar-refractivity contribution in [3.63, 3.8) is 0 Å². The van der Waals surface area contributed by atoms with Gasteiger partial charge in [-0.3, -0.25) is 0 Å². The van der Waals surface area contributed by atoms with Gasteiger partial charge in [-0.05, 0) is 42.7 Å². The maximum Gasteiger partial charge on any atom is 0.0615 e. The maximum atomic E-state index is 5.24. The number of nitrogens with one attached hydrogen (secondary N) is 1. The first-order chi connectivity index (χ1) is 8.85. The molecule has 1 aliphatic carbocycles. The van der Waals surface area contributed by atoms with Crippen molar-refractivity contribution in [1.29, 1.82) is 0 Å². The molecule has 0 radical (unpaired) electrons. The van der Waals surface area contributed by atoms with E-state index in [1.165, 1.54) is 19.3 Å². The highest BCUT2D eigenvalue weighted by Gasteiger charge is 2.20. The van der Waals surface area contributed by atoms with Gasteiger partial charge in [0.05, 0.1) is 6.61 Å². The van der Waals surface area contributed by atoms with Gasteiger partial charge in [0, 0.05) is 19.7 Å². The highest BCUT2D eigenvalue weighted by molar-refractivity contribution is 5.32. The van der Waals surface area contributed by atoms with Crippen LogP contribution >= 0.6 is 0 Å². The van der Waals surface area contributed by atoms with E-state index in [1.807, 2.05) is 0 Å². The Morgan fingerprint density at radius 1 is 1.39 bits per heavy atom. The van der Waals surface area contributed by atoms with Crippen LogP contribution in [0.1, 0.15) is 43.2 Å². The lowest BCUT2D eigenvalue weighted by Crippen LogP contribution is -2.36. The van der Waals surface area contributed by atoms with Crippen molar-refractivity contribution in [2.45, 2.75) is 44.6 Å². The number of methoxy groups -OCH3 is 1. The number of rotatable bonds is 6. The Bertz CT molecular complexity index is 364. The first-order valence-corrected chi connectivity index (χ1v) is 7.15. The number of benzene rings is 1. The van der Waals surface area contributed by atoms with Gasteiger partial charge >= 0.3 is 0 Å². The Balaban J connectivity index is 1.94. The summed E-state index contributed by atoms with van der Waals surface area (Å²) in [6.07, 6.45) is 5.02. The number of ether oxygens (including phenoxy) is 1. The molecule has 0 spiro atoms. The van der Waals surface area contributed by atoms with E-state index in [4.69, 9.17) is 4.74 Å². The predicted molar refractivity (Wildman–Crippen MR) is 76.1 cm³/mol. The number of hydrogen-bond acceptors (Lipinski definition) is 2. The molecule has 0 amide bonds. The molecule has 0 aromatic heterocycles. The predicted octanol–water partition coefficient (Wildman–Crippen LogP) is 3.12. The molecular formula is C16H25NO. The fourth-order valence-electron chi connectivity index (χ4n) is 2.90. The largest absolute Gasteiger partial charge is 0.383 e. The van der Waals surface area contributed by atoms with Gasteiger partial charge in [0.2, 0.25) is 0 Å². The third-order valence-electron chi connectivity index (χ3n) is 4.01. The second kappa shape index (κ2) is 6.91. The van der Waals surface area contributed by atoms with Crippen molar-refractivity contribution >= 4 is 0 Å². The normalized spacial score (nSPS) is 20.4. The van der Waals surface area contributed by atoms with Crippen LogP contribution in [0.15, 0.2) is 24.3 Å². The number of hydrogen-bond donors (Lipinski definition) is 1. The van der Waals surface area contributed by atoms with Gasteiger partial charge in [-0.1, -0.05) is 31.2 Å². The first-order valence-electron chi connectivity index (χ1n) is 7.15. The van der Waals surface area contributed by atoms with Crippen LogP contribution in [-0.2, 0) is 11.2 Å². The standard InChI is InChI=1S/C16H25NO/c1-3-15(12-18-2)17-11-14-9-6-8-13-7-4-5-10-16(13)14/h4-5,7,10,14-15,17H,3,6,8-9,11-12H2,1-2H3. The highest BCUT2D eigenvalue weighted by Crippen LogP contribution is 2.30. The molecule has 18 heavy (non-hydrogen) atoms. The van der Waals surface area contributed by atoms with E-state index in [0.717, 1.165) is 19.6 Å². The number of fused-ring (bicyclic) bond motifs is 1. The fourth-order valence-corrected chi connectivity index (χ4v) is 2.90. The average Bonchev–Trinajstić information content (AvgIpc) is 2.43. The average molecular weight is 247 g/mol. The van der Waals surface area contributed by atoms with Crippen molar-refractivity contribution in [3.05, 3.63) is 35.4 Å². The van der Waals surface area contributed by atoms with Crippen molar-refractivity contribution in [1.82, 2.24) is 5.32 Å². The molecule has 0 saturated carbocycles. The smallest absolute Gasteiger partial charge is 0.0615 e. The Kier molecular flexibility index (Phi) is 5.21. The summed E-state index contributed by atoms with van der Waals surface area (Å²) < 4.78 is 5.24. The summed E-state index contributed by atoms with van der Waals surface area (Å²) >= 11 is 0. The summed E-state index contributed by atoms with van der Waals surface area (Å²) in [5, 5.41) is 3.66. The minimum atomic E-state index is 0.490. The van der Waals surface area contributed by atoms with E-state index in [1.54, 1.807) is 18.2 Å². The van der Waals surface area contributed by atoms with E-state index in [0.29, 0.717) is 12.0 Å². The van der Waals surface area contributed by atoms with Crippen molar-refractivity contribution in [3.8, 4) is 0 Å². The lowest BCUT2D eigenvalue weighted by atomic mass is 9.83.